The predicted molar refractivity (Wildman–Crippen MR) is 141 cm³/mol. The zero-order chi connectivity index (χ0) is 27.7. The first-order chi connectivity index (χ1) is 16.5. The van der Waals surface area contributed by atoms with E-state index < -0.39 is 17.5 Å². The van der Waals surface area contributed by atoms with Gasteiger partial charge in [-0.05, 0) is 62.6 Å². The molecule has 0 saturated carbocycles. The van der Waals surface area contributed by atoms with Gasteiger partial charge in [0.15, 0.2) is 0 Å². The van der Waals surface area contributed by atoms with E-state index in [0.717, 1.165) is 5.56 Å². The first-order valence-corrected chi connectivity index (χ1v) is 12.4. The second-order valence-electron chi connectivity index (χ2n) is 11.6. The number of carbonyl (C=O) groups excluding carboxylic acids is 4. The van der Waals surface area contributed by atoms with E-state index >= 15 is 0 Å². The Kier molecular flexibility index (Phi) is 11.4. The maximum Gasteiger partial charge on any atom is 0.312 e. The van der Waals surface area contributed by atoms with Crippen LogP contribution in [0.15, 0.2) is 24.3 Å². The van der Waals surface area contributed by atoms with Crippen molar-refractivity contribution < 1.29 is 23.9 Å². The fraction of sp³-hybridized carbons (Fsp3) is 0.630. The number of hydrogen-bond acceptors (Lipinski definition) is 5. The van der Waals surface area contributed by atoms with Crippen LogP contribution in [0.2, 0.25) is 0 Å². The molecule has 9 heteroatoms. The molecule has 0 saturated heterocycles. The first kappa shape index (κ1) is 30.9. The van der Waals surface area contributed by atoms with Crippen molar-refractivity contribution in [2.24, 2.45) is 28.4 Å². The lowest BCUT2D eigenvalue weighted by Gasteiger charge is -2.34. The van der Waals surface area contributed by atoms with Crippen LogP contribution < -0.4 is 21.7 Å². The van der Waals surface area contributed by atoms with Gasteiger partial charge in [0.1, 0.15) is 12.6 Å². The highest BCUT2D eigenvalue weighted by Crippen LogP contribution is 2.32. The second-order valence-corrected chi connectivity index (χ2v) is 11.6. The summed E-state index contributed by atoms with van der Waals surface area (Å²) in [5.74, 6) is -1.03. The van der Waals surface area contributed by atoms with E-state index in [4.69, 9.17) is 10.5 Å². The van der Waals surface area contributed by atoms with Crippen molar-refractivity contribution >= 4 is 29.5 Å². The Labute approximate surface area is 215 Å². The predicted octanol–water partition coefficient (Wildman–Crippen LogP) is 3.97. The Morgan fingerprint density at radius 2 is 1.53 bits per heavy atom. The molecule has 0 radical (unpaired) electrons. The highest BCUT2D eigenvalue weighted by atomic mass is 16.5. The smallest absolute Gasteiger partial charge is 0.312 e. The third-order valence-corrected chi connectivity index (χ3v) is 5.69. The number of ether oxygens (including phenoxy) is 1. The lowest BCUT2D eigenvalue weighted by molar-refractivity contribution is -0.154. The van der Waals surface area contributed by atoms with Crippen molar-refractivity contribution in [3.05, 3.63) is 29.8 Å². The van der Waals surface area contributed by atoms with Gasteiger partial charge in [-0.2, -0.15) is 0 Å². The topological polar surface area (TPSA) is 140 Å². The molecule has 0 bridgehead atoms. The maximum absolute atomic E-state index is 13.2. The van der Waals surface area contributed by atoms with Crippen LogP contribution >= 0.6 is 0 Å². The molecule has 0 heterocycles. The maximum atomic E-state index is 13.2. The van der Waals surface area contributed by atoms with Gasteiger partial charge in [-0.15, -0.1) is 0 Å². The van der Waals surface area contributed by atoms with Crippen LogP contribution in [-0.4, -0.2) is 36.4 Å². The average Bonchev–Trinajstić information content (AvgIpc) is 2.72. The third kappa shape index (κ3) is 10.7. The SMILES string of the molecule is CC(C)C(C(=O)N[C@@H](CCCNC(N)=O)C(=O)Nc1ccc(COC(=O)C(C)(C)C)cc1)C(C)(C)C. The summed E-state index contributed by atoms with van der Waals surface area (Å²) < 4.78 is 5.32. The van der Waals surface area contributed by atoms with Crippen LogP contribution in [0.4, 0.5) is 10.5 Å². The number of benzene rings is 1. The third-order valence-electron chi connectivity index (χ3n) is 5.69. The molecule has 0 fully saturated rings. The van der Waals surface area contributed by atoms with Crippen molar-refractivity contribution in [1.82, 2.24) is 10.6 Å². The molecule has 36 heavy (non-hydrogen) atoms. The van der Waals surface area contributed by atoms with Gasteiger partial charge in [0.25, 0.3) is 0 Å². The van der Waals surface area contributed by atoms with Crippen molar-refractivity contribution in [1.29, 1.82) is 0 Å². The molecular weight excluding hydrogens is 460 g/mol. The monoisotopic (exact) mass is 504 g/mol. The van der Waals surface area contributed by atoms with Gasteiger partial charge in [0, 0.05) is 18.2 Å². The molecule has 0 aliphatic rings. The Morgan fingerprint density at radius 3 is 2.00 bits per heavy atom. The van der Waals surface area contributed by atoms with Crippen LogP contribution in [0.25, 0.3) is 0 Å². The Hall–Kier alpha value is -3.10. The van der Waals surface area contributed by atoms with E-state index in [0.29, 0.717) is 25.1 Å². The van der Waals surface area contributed by atoms with Gasteiger partial charge >= 0.3 is 12.0 Å². The van der Waals surface area contributed by atoms with E-state index in [9.17, 15) is 19.2 Å². The van der Waals surface area contributed by atoms with Crippen LogP contribution in [0.3, 0.4) is 0 Å². The number of anilines is 1. The molecule has 0 aliphatic carbocycles. The number of amides is 4. The summed E-state index contributed by atoms with van der Waals surface area (Å²) in [7, 11) is 0. The standard InChI is InChI=1S/C27H44N4O5/c1-17(2)21(26(3,4)5)23(33)31-20(10-9-15-29-25(28)35)22(32)30-19-13-11-18(12-14-19)16-36-24(34)27(6,7)8/h11-14,17,20-21H,9-10,15-16H2,1-8H3,(H,30,32)(H,31,33)(H3,28,29,35)/t20-,21?/m0/s1. The molecule has 202 valence electrons. The van der Waals surface area contributed by atoms with Crippen LogP contribution in [0.1, 0.15) is 73.8 Å². The fourth-order valence-electron chi connectivity index (χ4n) is 4.02. The highest BCUT2D eigenvalue weighted by Gasteiger charge is 2.35. The minimum absolute atomic E-state index is 0.0881. The zero-order valence-electron chi connectivity index (χ0n) is 23.0. The van der Waals surface area contributed by atoms with Crippen molar-refractivity contribution in [3.8, 4) is 0 Å². The first-order valence-electron chi connectivity index (χ1n) is 12.4. The van der Waals surface area contributed by atoms with E-state index in [1.807, 2.05) is 34.6 Å². The average molecular weight is 505 g/mol. The number of nitrogens with one attached hydrogen (secondary N) is 3. The molecule has 0 spiro atoms. The minimum Gasteiger partial charge on any atom is -0.460 e. The molecule has 4 amide bonds. The molecule has 1 aromatic carbocycles. The van der Waals surface area contributed by atoms with Gasteiger partial charge in [-0.1, -0.05) is 46.8 Å². The summed E-state index contributed by atoms with van der Waals surface area (Å²) in [5.41, 5.74) is 5.60. The van der Waals surface area contributed by atoms with Gasteiger partial charge in [-0.3, -0.25) is 14.4 Å². The Balaban J connectivity index is 2.90. The summed E-state index contributed by atoms with van der Waals surface area (Å²) in [6.07, 6.45) is 0.787. The molecule has 5 N–H and O–H groups in total. The number of urea groups is 1. The normalized spacial score (nSPS) is 13.5. The lowest BCUT2D eigenvalue weighted by atomic mass is 9.73. The molecule has 1 unspecified atom stereocenters. The fourth-order valence-corrected chi connectivity index (χ4v) is 4.02. The van der Waals surface area contributed by atoms with Crippen LogP contribution in [-0.2, 0) is 25.7 Å². The number of hydrogen-bond donors (Lipinski definition) is 4. The minimum atomic E-state index is -0.789. The summed E-state index contributed by atoms with van der Waals surface area (Å²) in [6.45, 7) is 15.8. The second kappa shape index (κ2) is 13.3. The number of rotatable bonds is 11. The van der Waals surface area contributed by atoms with Crippen LogP contribution in [0.5, 0.6) is 0 Å². The van der Waals surface area contributed by atoms with Crippen LogP contribution in [0, 0.1) is 22.7 Å². The van der Waals surface area contributed by atoms with Crippen molar-refractivity contribution in [2.45, 2.75) is 80.9 Å². The number of primary amides is 1. The van der Waals surface area contributed by atoms with E-state index in [-0.39, 0.29) is 41.6 Å². The highest BCUT2D eigenvalue weighted by molar-refractivity contribution is 5.97. The Morgan fingerprint density at radius 1 is 0.944 bits per heavy atom. The molecule has 0 aromatic heterocycles. The molecule has 1 rings (SSSR count). The molecule has 0 aliphatic heterocycles. The number of nitrogens with two attached hydrogens (primary N) is 1. The van der Waals surface area contributed by atoms with Crippen molar-refractivity contribution in [3.63, 3.8) is 0 Å². The molecule has 2 atom stereocenters. The lowest BCUT2D eigenvalue weighted by Crippen LogP contribution is -2.49. The van der Waals surface area contributed by atoms with Crippen molar-refractivity contribution in [2.75, 3.05) is 11.9 Å². The quantitative estimate of drug-likeness (QED) is 0.267. The zero-order valence-corrected chi connectivity index (χ0v) is 23.0. The van der Waals surface area contributed by atoms with E-state index in [2.05, 4.69) is 16.0 Å². The summed E-state index contributed by atoms with van der Waals surface area (Å²) in [5, 5.41) is 8.27. The molecule has 9 nitrogen and oxygen atoms in total. The summed E-state index contributed by atoms with van der Waals surface area (Å²) >= 11 is 0. The number of esters is 1. The Bertz CT molecular complexity index is 898. The van der Waals surface area contributed by atoms with Gasteiger partial charge in [0.2, 0.25) is 11.8 Å². The number of carbonyl (C=O) groups is 4. The summed E-state index contributed by atoms with van der Waals surface area (Å²) in [4.78, 5) is 49.2. The van der Waals surface area contributed by atoms with E-state index in [1.54, 1.807) is 45.0 Å². The molecular formula is C27H44N4O5. The summed E-state index contributed by atoms with van der Waals surface area (Å²) in [6, 6.07) is 5.55. The van der Waals surface area contributed by atoms with Gasteiger partial charge < -0.3 is 26.4 Å². The van der Waals surface area contributed by atoms with Gasteiger partial charge in [-0.25, -0.2) is 4.79 Å². The van der Waals surface area contributed by atoms with E-state index in [1.165, 1.54) is 0 Å². The molecule has 1 aromatic rings. The largest absolute Gasteiger partial charge is 0.460 e. The van der Waals surface area contributed by atoms with Gasteiger partial charge in [0.05, 0.1) is 5.41 Å².